The molecule has 0 radical (unpaired) electrons. The Hall–Kier alpha value is -2.47. The fourth-order valence-corrected chi connectivity index (χ4v) is 1.81. The first-order valence-electron chi connectivity index (χ1n) is 6.12. The van der Waals surface area contributed by atoms with Crippen molar-refractivity contribution in [3.8, 4) is 17.9 Å². The van der Waals surface area contributed by atoms with E-state index in [1.165, 1.54) is 12.1 Å². The summed E-state index contributed by atoms with van der Waals surface area (Å²) >= 11 is 0. The zero-order valence-corrected chi connectivity index (χ0v) is 11.2. The minimum atomic E-state index is -4.74. The third-order valence-corrected chi connectivity index (χ3v) is 2.87. The van der Waals surface area contributed by atoms with Crippen molar-refractivity contribution >= 4 is 0 Å². The predicted octanol–water partition coefficient (Wildman–Crippen LogP) is 4.13. The summed E-state index contributed by atoms with van der Waals surface area (Å²) in [7, 11) is 0. The quantitative estimate of drug-likeness (QED) is 0.741. The highest BCUT2D eigenvalue weighted by Gasteiger charge is 2.32. The van der Waals surface area contributed by atoms with Crippen LogP contribution >= 0.6 is 0 Å². The van der Waals surface area contributed by atoms with Gasteiger partial charge >= 0.3 is 6.36 Å². The summed E-state index contributed by atoms with van der Waals surface area (Å²) in [5, 5.41) is 18.4. The summed E-state index contributed by atoms with van der Waals surface area (Å²) in [5.74, 6) is -0.336. The standard InChI is InChI=1S/C15H13F3N2O/c1-2-3-8-14(10-19,11-20)9-12-4-6-13(7-5-12)21-15(16,17)18/h2,4-7H,1,3,8-9H2. The molecular weight excluding hydrogens is 281 g/mol. The fraction of sp³-hybridized carbons (Fsp3) is 0.333. The largest absolute Gasteiger partial charge is 0.573 e. The maximum Gasteiger partial charge on any atom is 0.573 e. The maximum atomic E-state index is 12.0. The summed E-state index contributed by atoms with van der Waals surface area (Å²) in [6.45, 7) is 3.54. The Balaban J connectivity index is 2.85. The van der Waals surface area contributed by atoms with Crippen molar-refractivity contribution in [3.05, 3.63) is 42.5 Å². The van der Waals surface area contributed by atoms with Crippen molar-refractivity contribution in [1.82, 2.24) is 0 Å². The van der Waals surface area contributed by atoms with Crippen LogP contribution in [0.4, 0.5) is 13.2 Å². The number of hydrogen-bond donors (Lipinski definition) is 0. The smallest absolute Gasteiger partial charge is 0.406 e. The van der Waals surface area contributed by atoms with Crippen LogP contribution in [-0.4, -0.2) is 6.36 Å². The number of allylic oxidation sites excluding steroid dienone is 1. The normalized spacial score (nSPS) is 11.3. The van der Waals surface area contributed by atoms with E-state index in [2.05, 4.69) is 11.3 Å². The van der Waals surface area contributed by atoms with E-state index in [1.54, 1.807) is 6.08 Å². The molecule has 0 spiro atoms. The second-order valence-electron chi connectivity index (χ2n) is 4.50. The molecule has 6 heteroatoms. The van der Waals surface area contributed by atoms with Crippen LogP contribution in [0.3, 0.4) is 0 Å². The Bertz CT molecular complexity index is 551. The van der Waals surface area contributed by atoms with E-state index in [9.17, 15) is 23.7 Å². The highest BCUT2D eigenvalue weighted by Crippen LogP contribution is 2.29. The molecule has 0 saturated carbocycles. The van der Waals surface area contributed by atoms with E-state index in [4.69, 9.17) is 0 Å². The Morgan fingerprint density at radius 1 is 1.14 bits per heavy atom. The zero-order chi connectivity index (χ0) is 15.9. The molecule has 0 aliphatic carbocycles. The van der Waals surface area contributed by atoms with Gasteiger partial charge in [-0.05, 0) is 30.5 Å². The van der Waals surface area contributed by atoms with Crippen LogP contribution in [0, 0.1) is 28.1 Å². The van der Waals surface area contributed by atoms with Gasteiger partial charge in [-0.3, -0.25) is 0 Å². The first-order chi connectivity index (χ1) is 9.84. The van der Waals surface area contributed by atoms with Crippen molar-refractivity contribution in [2.75, 3.05) is 0 Å². The van der Waals surface area contributed by atoms with Crippen LogP contribution in [0.5, 0.6) is 5.75 Å². The van der Waals surface area contributed by atoms with Gasteiger partial charge in [0.1, 0.15) is 11.2 Å². The van der Waals surface area contributed by atoms with Crippen LogP contribution in [-0.2, 0) is 6.42 Å². The molecule has 0 aliphatic heterocycles. The van der Waals surface area contributed by atoms with Crippen LogP contribution in [0.25, 0.3) is 0 Å². The third kappa shape index (κ3) is 5.19. The summed E-state index contributed by atoms with van der Waals surface area (Å²) < 4.78 is 39.9. The minimum absolute atomic E-state index is 0.139. The van der Waals surface area contributed by atoms with Gasteiger partial charge in [0.25, 0.3) is 0 Å². The number of nitrogens with zero attached hydrogens (tertiary/aromatic N) is 2. The lowest BCUT2D eigenvalue weighted by Gasteiger charge is -2.18. The number of halogens is 3. The van der Waals surface area contributed by atoms with Crippen LogP contribution < -0.4 is 4.74 Å². The Labute approximate surface area is 120 Å². The maximum absolute atomic E-state index is 12.0. The van der Waals surface area contributed by atoms with Gasteiger partial charge in [-0.2, -0.15) is 10.5 Å². The molecule has 110 valence electrons. The first kappa shape index (κ1) is 16.6. The second kappa shape index (κ2) is 6.81. The Kier molecular flexibility index (Phi) is 5.37. The molecule has 1 aromatic carbocycles. The molecule has 0 fully saturated rings. The van der Waals surface area contributed by atoms with Gasteiger partial charge in [-0.1, -0.05) is 18.2 Å². The number of alkyl halides is 3. The zero-order valence-electron chi connectivity index (χ0n) is 11.2. The first-order valence-corrected chi connectivity index (χ1v) is 6.12. The molecule has 0 bridgehead atoms. The molecule has 1 rings (SSSR count). The molecule has 0 atom stereocenters. The molecule has 0 aromatic heterocycles. The lowest BCUT2D eigenvalue weighted by molar-refractivity contribution is -0.274. The SMILES string of the molecule is C=CCCC(C#N)(C#N)Cc1ccc(OC(F)(F)F)cc1. The summed E-state index contributed by atoms with van der Waals surface area (Å²) in [5.41, 5.74) is -0.614. The van der Waals surface area contributed by atoms with Gasteiger partial charge < -0.3 is 4.74 Å². The molecule has 0 heterocycles. The number of hydrogen-bond acceptors (Lipinski definition) is 3. The monoisotopic (exact) mass is 294 g/mol. The van der Waals surface area contributed by atoms with Gasteiger partial charge in [0, 0.05) is 6.42 Å². The molecule has 0 unspecified atom stereocenters. The summed E-state index contributed by atoms with van der Waals surface area (Å²) in [6.07, 6.45) is -2.15. The Morgan fingerprint density at radius 2 is 1.71 bits per heavy atom. The van der Waals surface area contributed by atoms with Gasteiger partial charge in [0.15, 0.2) is 0 Å². The minimum Gasteiger partial charge on any atom is -0.406 e. The average Bonchev–Trinajstić information content (AvgIpc) is 2.44. The summed E-state index contributed by atoms with van der Waals surface area (Å²) in [4.78, 5) is 0. The van der Waals surface area contributed by atoms with Gasteiger partial charge in [0.2, 0.25) is 0 Å². The molecule has 1 aromatic rings. The van der Waals surface area contributed by atoms with Crippen LogP contribution in [0.1, 0.15) is 18.4 Å². The van der Waals surface area contributed by atoms with Crippen molar-refractivity contribution in [2.24, 2.45) is 5.41 Å². The number of rotatable bonds is 6. The highest BCUT2D eigenvalue weighted by molar-refractivity contribution is 5.30. The topological polar surface area (TPSA) is 56.8 Å². The molecule has 3 nitrogen and oxygen atoms in total. The van der Waals surface area contributed by atoms with E-state index in [1.807, 2.05) is 12.1 Å². The number of ether oxygens (including phenoxy) is 1. The van der Waals surface area contributed by atoms with E-state index in [0.29, 0.717) is 18.4 Å². The fourth-order valence-electron chi connectivity index (χ4n) is 1.81. The molecule has 0 aliphatic rings. The summed E-state index contributed by atoms with van der Waals surface area (Å²) in [6, 6.07) is 9.12. The number of nitriles is 2. The lowest BCUT2D eigenvalue weighted by Crippen LogP contribution is -2.19. The van der Waals surface area contributed by atoms with Crippen molar-refractivity contribution < 1.29 is 17.9 Å². The lowest BCUT2D eigenvalue weighted by atomic mass is 9.80. The van der Waals surface area contributed by atoms with Crippen molar-refractivity contribution in [2.45, 2.75) is 25.6 Å². The molecule has 0 saturated heterocycles. The van der Waals surface area contributed by atoms with Crippen LogP contribution in [0.15, 0.2) is 36.9 Å². The molecule has 0 amide bonds. The van der Waals surface area contributed by atoms with E-state index < -0.39 is 11.8 Å². The second-order valence-corrected chi connectivity index (χ2v) is 4.50. The van der Waals surface area contributed by atoms with E-state index in [0.717, 1.165) is 12.1 Å². The van der Waals surface area contributed by atoms with Crippen molar-refractivity contribution in [3.63, 3.8) is 0 Å². The van der Waals surface area contributed by atoms with E-state index >= 15 is 0 Å². The number of benzene rings is 1. The van der Waals surface area contributed by atoms with Gasteiger partial charge in [-0.15, -0.1) is 19.8 Å². The van der Waals surface area contributed by atoms with Crippen molar-refractivity contribution in [1.29, 1.82) is 10.5 Å². The third-order valence-electron chi connectivity index (χ3n) is 2.87. The predicted molar refractivity (Wildman–Crippen MR) is 69.9 cm³/mol. The van der Waals surface area contributed by atoms with Gasteiger partial charge in [0.05, 0.1) is 12.1 Å². The molecule has 0 N–H and O–H groups in total. The highest BCUT2D eigenvalue weighted by atomic mass is 19.4. The van der Waals surface area contributed by atoms with Gasteiger partial charge in [-0.25, -0.2) is 0 Å². The molecular formula is C15H13F3N2O. The van der Waals surface area contributed by atoms with Crippen LogP contribution in [0.2, 0.25) is 0 Å². The average molecular weight is 294 g/mol. The molecule has 21 heavy (non-hydrogen) atoms. The van der Waals surface area contributed by atoms with E-state index in [-0.39, 0.29) is 12.2 Å². The Morgan fingerprint density at radius 3 is 2.14 bits per heavy atom.